The average molecular weight is 273 g/mol. The maximum absolute atomic E-state index is 3.67. The van der Waals surface area contributed by atoms with E-state index in [-0.39, 0.29) is 0 Å². The summed E-state index contributed by atoms with van der Waals surface area (Å²) in [6.07, 6.45) is 6.89. The third-order valence-corrected chi connectivity index (χ3v) is 5.27. The van der Waals surface area contributed by atoms with Crippen LogP contribution in [0.4, 0.5) is 0 Å². The second-order valence-electron chi connectivity index (χ2n) is 7.18. The fraction of sp³-hybridized carbons (Fsp3) is 0.684. The van der Waals surface area contributed by atoms with E-state index in [1.165, 1.54) is 48.8 Å². The van der Waals surface area contributed by atoms with Gasteiger partial charge in [0.2, 0.25) is 0 Å². The summed E-state index contributed by atoms with van der Waals surface area (Å²) in [6.45, 7) is 9.26. The summed E-state index contributed by atoms with van der Waals surface area (Å²) < 4.78 is 0. The number of nitrogens with one attached hydrogen (secondary N) is 1. The minimum Gasteiger partial charge on any atom is -0.313 e. The van der Waals surface area contributed by atoms with Gasteiger partial charge in [-0.25, -0.2) is 0 Å². The topological polar surface area (TPSA) is 12.0 Å². The van der Waals surface area contributed by atoms with Crippen LogP contribution in [0.2, 0.25) is 0 Å². The molecule has 2 rings (SSSR count). The van der Waals surface area contributed by atoms with E-state index in [0.29, 0.717) is 11.5 Å². The summed E-state index contributed by atoms with van der Waals surface area (Å²) in [5, 5.41) is 3.67. The van der Waals surface area contributed by atoms with Crippen LogP contribution in [0.5, 0.6) is 0 Å². The maximum atomic E-state index is 3.67. The molecule has 20 heavy (non-hydrogen) atoms. The van der Waals surface area contributed by atoms with Crippen molar-refractivity contribution >= 4 is 0 Å². The van der Waals surface area contributed by atoms with Crippen LogP contribution >= 0.6 is 0 Å². The molecule has 0 bridgehead atoms. The van der Waals surface area contributed by atoms with Gasteiger partial charge in [0.25, 0.3) is 0 Å². The third-order valence-electron chi connectivity index (χ3n) is 5.27. The lowest BCUT2D eigenvalue weighted by Crippen LogP contribution is -2.36. The smallest absolute Gasteiger partial charge is 0.0377 e. The van der Waals surface area contributed by atoms with E-state index in [1.54, 1.807) is 0 Å². The minimum atomic E-state index is 0.460. The summed E-state index contributed by atoms with van der Waals surface area (Å²) >= 11 is 0. The Kier molecular flexibility index (Phi) is 4.90. The van der Waals surface area contributed by atoms with E-state index in [1.807, 2.05) is 0 Å². The van der Waals surface area contributed by atoms with Gasteiger partial charge in [-0.05, 0) is 68.2 Å². The highest BCUT2D eigenvalue weighted by Gasteiger charge is 2.42. The summed E-state index contributed by atoms with van der Waals surface area (Å²) in [5.41, 5.74) is 4.87. The molecule has 1 saturated carbocycles. The van der Waals surface area contributed by atoms with Gasteiger partial charge in [0, 0.05) is 6.04 Å². The van der Waals surface area contributed by atoms with Crippen molar-refractivity contribution in [1.29, 1.82) is 0 Å². The monoisotopic (exact) mass is 273 g/mol. The Balaban J connectivity index is 2.40. The Morgan fingerprint density at radius 1 is 1.15 bits per heavy atom. The standard InChI is InChI=1S/C19H31N/c1-14(2)13-19(11-6-7-12-19)18(20-5)17-10-8-9-15(3)16(17)4/h8-10,14,18,20H,6-7,11-13H2,1-5H3. The summed E-state index contributed by atoms with van der Waals surface area (Å²) in [7, 11) is 2.15. The molecule has 0 radical (unpaired) electrons. The number of benzene rings is 1. The second-order valence-corrected chi connectivity index (χ2v) is 7.18. The van der Waals surface area contributed by atoms with Crippen molar-refractivity contribution in [3.63, 3.8) is 0 Å². The molecular weight excluding hydrogens is 242 g/mol. The van der Waals surface area contributed by atoms with Crippen LogP contribution in [-0.4, -0.2) is 7.05 Å². The van der Waals surface area contributed by atoms with E-state index in [0.717, 1.165) is 5.92 Å². The molecule has 1 heteroatoms. The molecule has 1 aromatic carbocycles. The number of rotatable bonds is 5. The lowest BCUT2D eigenvalue weighted by Gasteiger charge is -2.40. The van der Waals surface area contributed by atoms with Gasteiger partial charge < -0.3 is 5.32 Å². The molecule has 0 spiro atoms. The zero-order chi connectivity index (χ0) is 14.8. The lowest BCUT2D eigenvalue weighted by atomic mass is 9.69. The zero-order valence-corrected chi connectivity index (χ0v) is 13.9. The third kappa shape index (κ3) is 2.93. The summed E-state index contributed by atoms with van der Waals surface area (Å²) in [6, 6.07) is 7.30. The Labute approximate surface area is 125 Å². The van der Waals surface area contributed by atoms with Gasteiger partial charge in [-0.3, -0.25) is 0 Å². The molecule has 0 amide bonds. The molecule has 1 atom stereocenters. The first-order valence-corrected chi connectivity index (χ1v) is 8.23. The van der Waals surface area contributed by atoms with Crippen molar-refractivity contribution in [1.82, 2.24) is 5.32 Å². The Bertz CT molecular complexity index is 441. The van der Waals surface area contributed by atoms with Crippen molar-refractivity contribution in [2.75, 3.05) is 7.05 Å². The molecule has 0 heterocycles. The minimum absolute atomic E-state index is 0.460. The van der Waals surface area contributed by atoms with E-state index in [2.05, 4.69) is 58.3 Å². The van der Waals surface area contributed by atoms with Crippen LogP contribution in [-0.2, 0) is 0 Å². The van der Waals surface area contributed by atoms with Crippen LogP contribution in [0.25, 0.3) is 0 Å². The van der Waals surface area contributed by atoms with E-state index in [4.69, 9.17) is 0 Å². The number of hydrogen-bond acceptors (Lipinski definition) is 1. The summed E-state index contributed by atoms with van der Waals surface area (Å²) in [4.78, 5) is 0. The molecule has 112 valence electrons. The highest BCUT2D eigenvalue weighted by Crippen LogP contribution is 2.52. The fourth-order valence-corrected chi connectivity index (χ4v) is 4.38. The van der Waals surface area contributed by atoms with Crippen molar-refractivity contribution in [2.24, 2.45) is 11.3 Å². The fourth-order valence-electron chi connectivity index (χ4n) is 4.38. The molecule has 0 aliphatic heterocycles. The van der Waals surface area contributed by atoms with Crippen LogP contribution in [0.3, 0.4) is 0 Å². The van der Waals surface area contributed by atoms with Crippen molar-refractivity contribution in [3.8, 4) is 0 Å². The Hall–Kier alpha value is -0.820. The molecule has 0 aromatic heterocycles. The average Bonchev–Trinajstić information content (AvgIpc) is 2.83. The molecule has 1 nitrogen and oxygen atoms in total. The van der Waals surface area contributed by atoms with Gasteiger partial charge in [0.15, 0.2) is 0 Å². The van der Waals surface area contributed by atoms with Gasteiger partial charge in [0.1, 0.15) is 0 Å². The Morgan fingerprint density at radius 3 is 2.35 bits per heavy atom. The molecule has 1 aliphatic rings. The normalized spacial score (nSPS) is 19.5. The van der Waals surface area contributed by atoms with Crippen molar-refractivity contribution in [2.45, 2.75) is 65.8 Å². The van der Waals surface area contributed by atoms with Crippen LogP contribution in [0.15, 0.2) is 18.2 Å². The Morgan fingerprint density at radius 2 is 1.80 bits per heavy atom. The molecular formula is C19H31N. The van der Waals surface area contributed by atoms with Gasteiger partial charge in [-0.1, -0.05) is 44.9 Å². The van der Waals surface area contributed by atoms with E-state index >= 15 is 0 Å². The van der Waals surface area contributed by atoms with Gasteiger partial charge in [-0.2, -0.15) is 0 Å². The number of hydrogen-bond donors (Lipinski definition) is 1. The van der Waals surface area contributed by atoms with Gasteiger partial charge >= 0.3 is 0 Å². The number of aryl methyl sites for hydroxylation is 1. The second kappa shape index (κ2) is 6.30. The maximum Gasteiger partial charge on any atom is 0.0377 e. The molecule has 1 aliphatic carbocycles. The molecule has 1 N–H and O–H groups in total. The van der Waals surface area contributed by atoms with Gasteiger partial charge in [-0.15, -0.1) is 0 Å². The first-order chi connectivity index (χ1) is 9.50. The molecule has 1 aromatic rings. The SMILES string of the molecule is CNC(c1cccc(C)c1C)C1(CC(C)C)CCCC1. The highest BCUT2D eigenvalue weighted by molar-refractivity contribution is 5.36. The first-order valence-electron chi connectivity index (χ1n) is 8.23. The predicted octanol–water partition coefficient (Wildman–Crippen LogP) is 5.17. The van der Waals surface area contributed by atoms with Crippen LogP contribution in [0.1, 0.15) is 68.7 Å². The van der Waals surface area contributed by atoms with Crippen molar-refractivity contribution in [3.05, 3.63) is 34.9 Å². The molecule has 0 saturated heterocycles. The van der Waals surface area contributed by atoms with Crippen molar-refractivity contribution < 1.29 is 0 Å². The van der Waals surface area contributed by atoms with Crippen LogP contribution in [0, 0.1) is 25.2 Å². The van der Waals surface area contributed by atoms with E-state index in [9.17, 15) is 0 Å². The van der Waals surface area contributed by atoms with Crippen LogP contribution < -0.4 is 5.32 Å². The molecule has 1 fully saturated rings. The highest BCUT2D eigenvalue weighted by atomic mass is 14.9. The largest absolute Gasteiger partial charge is 0.313 e. The summed E-state index contributed by atoms with van der Waals surface area (Å²) in [5.74, 6) is 0.772. The first kappa shape index (κ1) is 15.6. The lowest BCUT2D eigenvalue weighted by molar-refractivity contribution is 0.161. The predicted molar refractivity (Wildman–Crippen MR) is 88.1 cm³/mol. The molecule has 1 unspecified atom stereocenters. The van der Waals surface area contributed by atoms with E-state index < -0.39 is 0 Å². The quantitative estimate of drug-likeness (QED) is 0.780. The zero-order valence-electron chi connectivity index (χ0n) is 13.9. The van der Waals surface area contributed by atoms with Gasteiger partial charge in [0.05, 0.1) is 0 Å².